The number of amides is 1. The fraction of sp³-hybridized carbons (Fsp3) is 0.533. The molecule has 0 aliphatic heterocycles. The van der Waals surface area contributed by atoms with E-state index >= 15 is 0 Å². The van der Waals surface area contributed by atoms with Crippen LogP contribution in [0.5, 0.6) is 0 Å². The molecule has 19 heavy (non-hydrogen) atoms. The Balaban J connectivity index is 2.05. The van der Waals surface area contributed by atoms with Crippen LogP contribution in [0.4, 0.5) is 11.4 Å². The summed E-state index contributed by atoms with van der Waals surface area (Å²) in [4.78, 5) is 14.6. The van der Waals surface area contributed by atoms with Crippen LogP contribution in [0.15, 0.2) is 18.2 Å². The summed E-state index contributed by atoms with van der Waals surface area (Å²) in [6.07, 6.45) is 2.42. The minimum Gasteiger partial charge on any atom is -0.398 e. The summed E-state index contributed by atoms with van der Waals surface area (Å²) >= 11 is 0. The maximum Gasteiger partial charge on any atom is 0.241 e. The summed E-state index contributed by atoms with van der Waals surface area (Å²) in [5.41, 5.74) is 8.30. The average Bonchev–Trinajstić information content (AvgIpc) is 3.20. The van der Waals surface area contributed by atoms with Gasteiger partial charge in [0.05, 0.1) is 6.04 Å². The van der Waals surface area contributed by atoms with Gasteiger partial charge in [0, 0.05) is 17.4 Å². The molecular weight excluding hydrogens is 238 g/mol. The predicted octanol–water partition coefficient (Wildman–Crippen LogP) is 2.39. The quantitative estimate of drug-likeness (QED) is 0.800. The second-order valence-corrected chi connectivity index (χ2v) is 5.25. The van der Waals surface area contributed by atoms with Crippen LogP contribution in [0.1, 0.15) is 32.3 Å². The molecule has 1 aromatic carbocycles. The summed E-state index contributed by atoms with van der Waals surface area (Å²) < 4.78 is 0. The molecule has 2 rings (SSSR count). The van der Waals surface area contributed by atoms with Crippen LogP contribution < -0.4 is 11.1 Å². The van der Waals surface area contributed by atoms with Crippen LogP contribution in [0, 0.1) is 6.92 Å². The zero-order valence-electron chi connectivity index (χ0n) is 11.9. The highest BCUT2D eigenvalue weighted by Gasteiger charge is 2.33. The van der Waals surface area contributed by atoms with E-state index < -0.39 is 0 Å². The molecule has 0 spiro atoms. The molecule has 3 N–H and O–H groups in total. The molecule has 0 heterocycles. The second-order valence-electron chi connectivity index (χ2n) is 5.25. The van der Waals surface area contributed by atoms with Crippen molar-refractivity contribution in [2.75, 3.05) is 17.6 Å². The topological polar surface area (TPSA) is 58.4 Å². The molecule has 1 unspecified atom stereocenters. The lowest BCUT2D eigenvalue weighted by Gasteiger charge is -2.27. The monoisotopic (exact) mass is 261 g/mol. The van der Waals surface area contributed by atoms with Crippen LogP contribution in [0.3, 0.4) is 0 Å². The molecule has 1 atom stereocenters. The second kappa shape index (κ2) is 5.61. The Labute approximate surface area is 115 Å². The molecule has 1 aromatic rings. The third-order valence-electron chi connectivity index (χ3n) is 3.89. The van der Waals surface area contributed by atoms with Crippen molar-refractivity contribution in [2.45, 2.75) is 45.7 Å². The van der Waals surface area contributed by atoms with Crippen molar-refractivity contribution in [2.24, 2.45) is 0 Å². The third-order valence-corrected chi connectivity index (χ3v) is 3.89. The van der Waals surface area contributed by atoms with E-state index in [9.17, 15) is 4.79 Å². The van der Waals surface area contributed by atoms with Gasteiger partial charge in [-0.15, -0.1) is 0 Å². The van der Waals surface area contributed by atoms with Gasteiger partial charge in [-0.1, -0.05) is 13.0 Å². The van der Waals surface area contributed by atoms with Gasteiger partial charge in [-0.3, -0.25) is 9.69 Å². The summed E-state index contributed by atoms with van der Waals surface area (Å²) in [6, 6.07) is 6.09. The molecule has 4 heteroatoms. The number of carbonyl (C=O) groups is 1. The average molecular weight is 261 g/mol. The Kier molecular flexibility index (Phi) is 4.10. The smallest absolute Gasteiger partial charge is 0.241 e. The van der Waals surface area contributed by atoms with Gasteiger partial charge >= 0.3 is 0 Å². The zero-order chi connectivity index (χ0) is 14.0. The first kappa shape index (κ1) is 13.9. The number of nitrogens with two attached hydrogens (primary N) is 1. The van der Waals surface area contributed by atoms with Crippen molar-refractivity contribution >= 4 is 17.3 Å². The molecule has 1 aliphatic carbocycles. The highest BCUT2D eigenvalue weighted by Crippen LogP contribution is 2.29. The number of rotatable bonds is 5. The van der Waals surface area contributed by atoms with Gasteiger partial charge < -0.3 is 11.1 Å². The summed E-state index contributed by atoms with van der Waals surface area (Å²) in [5.74, 6) is 0.0439. The highest BCUT2D eigenvalue weighted by molar-refractivity contribution is 5.95. The molecule has 4 nitrogen and oxygen atoms in total. The fourth-order valence-electron chi connectivity index (χ4n) is 2.43. The molecule has 1 amide bonds. The van der Waals surface area contributed by atoms with Gasteiger partial charge in [-0.2, -0.15) is 0 Å². The number of anilines is 2. The third kappa shape index (κ3) is 3.07. The number of hydrogen-bond donors (Lipinski definition) is 2. The van der Waals surface area contributed by atoms with Gasteiger partial charge in [0.15, 0.2) is 0 Å². The first-order valence-electron chi connectivity index (χ1n) is 6.96. The van der Waals surface area contributed by atoms with Crippen molar-refractivity contribution in [1.29, 1.82) is 0 Å². The number of nitrogens with one attached hydrogen (secondary N) is 1. The number of hydrogen-bond acceptors (Lipinski definition) is 3. The van der Waals surface area contributed by atoms with E-state index in [2.05, 4.69) is 17.1 Å². The van der Waals surface area contributed by atoms with Gasteiger partial charge in [-0.25, -0.2) is 0 Å². The summed E-state index contributed by atoms with van der Waals surface area (Å²) in [6.45, 7) is 6.91. The highest BCUT2D eigenvalue weighted by atomic mass is 16.2. The van der Waals surface area contributed by atoms with Crippen LogP contribution in [0.2, 0.25) is 0 Å². The van der Waals surface area contributed by atoms with E-state index in [1.165, 1.54) is 12.8 Å². The maximum atomic E-state index is 12.3. The molecule has 1 fully saturated rings. The van der Waals surface area contributed by atoms with Crippen LogP contribution in [-0.4, -0.2) is 29.4 Å². The number of nitrogens with zero attached hydrogens (tertiary/aromatic N) is 1. The van der Waals surface area contributed by atoms with E-state index in [4.69, 9.17) is 5.73 Å². The van der Waals surface area contributed by atoms with E-state index in [1.807, 2.05) is 32.0 Å². The standard InChI is InChI=1S/C15H23N3O/c1-4-18(12-8-9-12)11(3)15(19)17-14-7-5-6-13(16)10(14)2/h5-7,11-12H,4,8-9,16H2,1-3H3,(H,17,19). The van der Waals surface area contributed by atoms with Crippen LogP contribution in [0.25, 0.3) is 0 Å². The fourth-order valence-corrected chi connectivity index (χ4v) is 2.43. The van der Waals surface area contributed by atoms with E-state index in [1.54, 1.807) is 0 Å². The first-order chi connectivity index (χ1) is 9.04. The number of nitrogen functional groups attached to an aromatic ring is 1. The van der Waals surface area contributed by atoms with Crippen molar-refractivity contribution < 1.29 is 4.79 Å². The first-order valence-corrected chi connectivity index (χ1v) is 6.96. The lowest BCUT2D eigenvalue weighted by Crippen LogP contribution is -2.43. The predicted molar refractivity (Wildman–Crippen MR) is 79.1 cm³/mol. The number of carbonyl (C=O) groups excluding carboxylic acids is 1. The van der Waals surface area contributed by atoms with Crippen molar-refractivity contribution in [3.8, 4) is 0 Å². The SMILES string of the molecule is CCN(C1CC1)C(C)C(=O)Nc1cccc(N)c1C. The summed E-state index contributed by atoms with van der Waals surface area (Å²) in [7, 11) is 0. The Morgan fingerprint density at radius 2 is 2.21 bits per heavy atom. The number of likely N-dealkylation sites (N-methyl/N-ethyl adjacent to an activating group) is 1. The Morgan fingerprint density at radius 1 is 1.53 bits per heavy atom. The molecular formula is C15H23N3O. The van der Waals surface area contributed by atoms with E-state index in [-0.39, 0.29) is 11.9 Å². The lowest BCUT2D eigenvalue weighted by molar-refractivity contribution is -0.120. The molecule has 104 valence electrons. The summed E-state index contributed by atoms with van der Waals surface area (Å²) in [5, 5.41) is 2.99. The zero-order valence-corrected chi connectivity index (χ0v) is 11.9. The minimum absolute atomic E-state index is 0.0439. The molecule has 0 bridgehead atoms. The normalized spacial score (nSPS) is 16.4. The minimum atomic E-state index is -0.0988. The van der Waals surface area contributed by atoms with Crippen molar-refractivity contribution in [3.63, 3.8) is 0 Å². The van der Waals surface area contributed by atoms with Gasteiger partial charge in [-0.05, 0) is 50.9 Å². The maximum absolute atomic E-state index is 12.3. The van der Waals surface area contributed by atoms with Gasteiger partial charge in [0.2, 0.25) is 5.91 Å². The molecule has 0 saturated heterocycles. The largest absolute Gasteiger partial charge is 0.398 e. The Morgan fingerprint density at radius 3 is 2.79 bits per heavy atom. The van der Waals surface area contributed by atoms with Crippen molar-refractivity contribution in [3.05, 3.63) is 23.8 Å². The van der Waals surface area contributed by atoms with E-state index in [0.29, 0.717) is 11.7 Å². The van der Waals surface area contributed by atoms with Crippen molar-refractivity contribution in [1.82, 2.24) is 4.90 Å². The van der Waals surface area contributed by atoms with Crippen LogP contribution in [-0.2, 0) is 4.79 Å². The molecule has 0 aromatic heterocycles. The number of benzene rings is 1. The van der Waals surface area contributed by atoms with Gasteiger partial charge in [0.1, 0.15) is 0 Å². The Hall–Kier alpha value is -1.55. The lowest BCUT2D eigenvalue weighted by atomic mass is 10.1. The molecule has 1 aliphatic rings. The molecule has 0 radical (unpaired) electrons. The van der Waals surface area contributed by atoms with E-state index in [0.717, 1.165) is 17.8 Å². The molecule has 1 saturated carbocycles. The van der Waals surface area contributed by atoms with Gasteiger partial charge in [0.25, 0.3) is 0 Å². The Bertz CT molecular complexity index is 468. The van der Waals surface area contributed by atoms with Crippen LogP contribution >= 0.6 is 0 Å².